The molecule has 1 amide bonds. The van der Waals surface area contributed by atoms with E-state index < -0.39 is 0 Å². The average Bonchev–Trinajstić information content (AvgIpc) is 3.18. The van der Waals surface area contributed by atoms with Crippen LogP contribution in [0.1, 0.15) is 39.2 Å². The summed E-state index contributed by atoms with van der Waals surface area (Å²) in [5, 5.41) is 11.5. The zero-order valence-electron chi connectivity index (χ0n) is 17.4. The number of nitrogens with two attached hydrogens (primary N) is 1. The lowest BCUT2D eigenvalue weighted by Crippen LogP contribution is -2.19. The Balaban J connectivity index is 1.62. The molecule has 4 N–H and O–H groups in total. The van der Waals surface area contributed by atoms with Crippen LogP contribution < -0.4 is 11.1 Å². The summed E-state index contributed by atoms with van der Waals surface area (Å²) in [5.74, 6) is -0.0482. The van der Waals surface area contributed by atoms with Crippen LogP contribution in [-0.4, -0.2) is 26.3 Å². The molecule has 2 aromatic carbocycles. The van der Waals surface area contributed by atoms with Crippen LogP contribution in [0.25, 0.3) is 17.0 Å². The van der Waals surface area contributed by atoms with Crippen molar-refractivity contribution < 1.29 is 4.79 Å². The predicted molar refractivity (Wildman–Crippen MR) is 126 cm³/mol. The van der Waals surface area contributed by atoms with Gasteiger partial charge in [0.05, 0.1) is 0 Å². The number of benzene rings is 2. The van der Waals surface area contributed by atoms with Gasteiger partial charge in [-0.05, 0) is 47.7 Å². The zero-order chi connectivity index (χ0) is 22.1. The molecule has 32 heavy (non-hydrogen) atoms. The van der Waals surface area contributed by atoms with Crippen LogP contribution in [0.4, 0.5) is 5.95 Å². The number of nitrogens with zero attached hydrogens (tertiary/aromatic N) is 3. The molecule has 0 radical (unpaired) electrons. The molecule has 5 rings (SSSR count). The number of amidine groups is 1. The number of hydrogen-bond acceptors (Lipinski definition) is 4. The molecule has 0 atom stereocenters. The maximum absolute atomic E-state index is 13.2. The van der Waals surface area contributed by atoms with E-state index in [0.29, 0.717) is 17.8 Å². The van der Waals surface area contributed by atoms with Gasteiger partial charge in [0.15, 0.2) is 0 Å². The number of nitrogens with one attached hydrogen (secondary N) is 2. The third kappa shape index (κ3) is 3.65. The van der Waals surface area contributed by atoms with Crippen LogP contribution in [0.2, 0.25) is 0 Å². The minimum atomic E-state index is -0.290. The molecule has 1 aliphatic carbocycles. The molecule has 7 heteroatoms. The summed E-state index contributed by atoms with van der Waals surface area (Å²) in [6.45, 7) is 0.528. The number of hydrogen-bond donors (Lipinski definition) is 3. The van der Waals surface area contributed by atoms with E-state index in [1.165, 1.54) is 16.7 Å². The number of fused-ring (bicyclic) bond motifs is 2. The van der Waals surface area contributed by atoms with E-state index in [1.807, 2.05) is 28.8 Å². The highest BCUT2D eigenvalue weighted by Crippen LogP contribution is 2.27. The molecule has 0 fully saturated rings. The number of aromatic nitrogens is 3. The van der Waals surface area contributed by atoms with E-state index in [4.69, 9.17) is 11.1 Å². The highest BCUT2D eigenvalue weighted by molar-refractivity contribution is 6.06. The second-order valence-corrected chi connectivity index (χ2v) is 7.76. The number of allylic oxidation sites excluding steroid dienone is 1. The summed E-state index contributed by atoms with van der Waals surface area (Å²) >= 11 is 0. The minimum absolute atomic E-state index is 0.00874. The monoisotopic (exact) mass is 422 g/mol. The summed E-state index contributed by atoms with van der Waals surface area (Å²) in [7, 11) is 0. The first-order chi connectivity index (χ1) is 15.6. The topological polar surface area (TPSA) is 110 Å². The van der Waals surface area contributed by atoms with Crippen molar-refractivity contribution in [2.45, 2.75) is 19.4 Å². The predicted octanol–water partition coefficient (Wildman–Crippen LogP) is 3.98. The van der Waals surface area contributed by atoms with Crippen LogP contribution in [-0.2, 0) is 13.0 Å². The van der Waals surface area contributed by atoms with Crippen LogP contribution in [0, 0.1) is 5.41 Å². The number of carbonyl (C=O) groups excluding carboxylic acids is 1. The van der Waals surface area contributed by atoms with Crippen molar-refractivity contribution in [3.8, 4) is 0 Å². The van der Waals surface area contributed by atoms with Gasteiger partial charge in [-0.15, -0.1) is 0 Å². The quantitative estimate of drug-likeness (QED) is 0.334. The molecular weight excluding hydrogens is 400 g/mol. The van der Waals surface area contributed by atoms with Gasteiger partial charge < -0.3 is 10.3 Å². The number of carbonyl (C=O) groups is 1. The molecule has 4 aromatic rings. The third-order valence-corrected chi connectivity index (χ3v) is 5.74. The van der Waals surface area contributed by atoms with Crippen molar-refractivity contribution in [2.75, 3.05) is 5.32 Å². The number of amides is 1. The SMILES string of the molecule is N=C(N)c1ccc2cc(C(=O)Nc3ncccn3)n(Cc3cccc4c3CCC=C4)c2c1. The Morgan fingerprint density at radius 3 is 2.78 bits per heavy atom. The normalized spacial score (nSPS) is 12.5. The Morgan fingerprint density at radius 1 is 1.12 bits per heavy atom. The number of nitrogen functional groups attached to an aromatic ring is 1. The highest BCUT2D eigenvalue weighted by Gasteiger charge is 2.19. The van der Waals surface area contributed by atoms with Crippen molar-refractivity contribution >= 4 is 34.7 Å². The molecule has 0 bridgehead atoms. The van der Waals surface area contributed by atoms with Crippen LogP contribution in [0.15, 0.2) is 67.0 Å². The van der Waals surface area contributed by atoms with Crippen LogP contribution >= 0.6 is 0 Å². The molecule has 0 unspecified atom stereocenters. The highest BCUT2D eigenvalue weighted by atomic mass is 16.2. The second-order valence-electron chi connectivity index (χ2n) is 7.76. The Labute approximate surface area is 185 Å². The average molecular weight is 422 g/mol. The largest absolute Gasteiger partial charge is 0.384 e. The van der Waals surface area contributed by atoms with Gasteiger partial charge in [0, 0.05) is 35.4 Å². The van der Waals surface area contributed by atoms with E-state index in [0.717, 1.165) is 23.7 Å². The van der Waals surface area contributed by atoms with Crippen LogP contribution in [0.5, 0.6) is 0 Å². The van der Waals surface area contributed by atoms with Crippen molar-refractivity contribution in [3.63, 3.8) is 0 Å². The third-order valence-electron chi connectivity index (χ3n) is 5.74. The maximum Gasteiger partial charge on any atom is 0.274 e. The summed E-state index contributed by atoms with van der Waals surface area (Å²) < 4.78 is 1.98. The molecule has 0 spiro atoms. The molecule has 158 valence electrons. The van der Waals surface area contributed by atoms with Crippen molar-refractivity contribution in [1.82, 2.24) is 14.5 Å². The lowest BCUT2D eigenvalue weighted by molar-refractivity contribution is 0.101. The van der Waals surface area contributed by atoms with Gasteiger partial charge in [0.2, 0.25) is 5.95 Å². The smallest absolute Gasteiger partial charge is 0.274 e. The van der Waals surface area contributed by atoms with Gasteiger partial charge in [-0.1, -0.05) is 42.5 Å². The van der Waals surface area contributed by atoms with E-state index in [2.05, 4.69) is 39.6 Å². The summed E-state index contributed by atoms with van der Waals surface area (Å²) in [4.78, 5) is 21.4. The standard InChI is InChI=1S/C25H22N6O/c26-23(27)18-10-9-17-13-22(24(32)30-25-28-11-4-12-29-25)31(21(17)14-18)15-19-7-3-6-16-5-1-2-8-20(16)19/h1,3-7,9-14H,2,8,15H2,(H3,26,27)(H,28,29,30,32). The molecule has 0 saturated heterocycles. The summed E-state index contributed by atoms with van der Waals surface area (Å²) in [5.41, 5.74) is 11.4. The molecule has 1 aliphatic rings. The molecule has 7 nitrogen and oxygen atoms in total. The van der Waals surface area contributed by atoms with E-state index in [9.17, 15) is 4.79 Å². The van der Waals surface area contributed by atoms with Gasteiger partial charge in [-0.3, -0.25) is 15.5 Å². The fraction of sp³-hybridized carbons (Fsp3) is 0.120. The fourth-order valence-electron chi connectivity index (χ4n) is 4.18. The zero-order valence-corrected chi connectivity index (χ0v) is 17.4. The van der Waals surface area contributed by atoms with Gasteiger partial charge in [-0.2, -0.15) is 0 Å². The number of anilines is 1. The number of rotatable bonds is 5. The first-order valence-electron chi connectivity index (χ1n) is 10.4. The molecule has 2 heterocycles. The summed E-state index contributed by atoms with van der Waals surface area (Å²) in [6.07, 6.45) is 9.49. The Hall–Kier alpha value is -4.26. The van der Waals surface area contributed by atoms with E-state index >= 15 is 0 Å². The van der Waals surface area contributed by atoms with Crippen molar-refractivity contribution in [3.05, 3.63) is 94.9 Å². The first-order valence-corrected chi connectivity index (χ1v) is 10.4. The molecule has 0 saturated carbocycles. The lowest BCUT2D eigenvalue weighted by atomic mass is 9.92. The molecule has 0 aliphatic heterocycles. The molecular formula is C25H22N6O. The van der Waals surface area contributed by atoms with Crippen molar-refractivity contribution in [1.29, 1.82) is 5.41 Å². The van der Waals surface area contributed by atoms with Gasteiger partial charge in [-0.25, -0.2) is 9.97 Å². The fourth-order valence-corrected chi connectivity index (χ4v) is 4.18. The van der Waals surface area contributed by atoms with E-state index in [-0.39, 0.29) is 17.7 Å². The van der Waals surface area contributed by atoms with E-state index in [1.54, 1.807) is 24.5 Å². The van der Waals surface area contributed by atoms with Gasteiger partial charge in [0.25, 0.3) is 5.91 Å². The lowest BCUT2D eigenvalue weighted by Gasteiger charge is -2.18. The second kappa shape index (κ2) is 8.11. The van der Waals surface area contributed by atoms with Crippen LogP contribution in [0.3, 0.4) is 0 Å². The Morgan fingerprint density at radius 2 is 1.97 bits per heavy atom. The Bertz CT molecular complexity index is 1370. The van der Waals surface area contributed by atoms with Gasteiger partial charge in [0.1, 0.15) is 11.5 Å². The molecule has 2 aromatic heterocycles. The van der Waals surface area contributed by atoms with Crippen molar-refractivity contribution in [2.24, 2.45) is 5.73 Å². The first kappa shape index (κ1) is 19.7. The van der Waals surface area contributed by atoms with Gasteiger partial charge >= 0.3 is 0 Å². The maximum atomic E-state index is 13.2. The minimum Gasteiger partial charge on any atom is -0.384 e. The summed E-state index contributed by atoms with van der Waals surface area (Å²) in [6, 6.07) is 15.4. The Kier molecular flexibility index (Phi) is 4.99.